The van der Waals surface area contributed by atoms with E-state index in [9.17, 15) is 4.79 Å². The van der Waals surface area contributed by atoms with E-state index in [0.29, 0.717) is 40.2 Å². The van der Waals surface area contributed by atoms with E-state index < -0.39 is 0 Å². The van der Waals surface area contributed by atoms with Crippen LogP contribution < -0.4 is 19.5 Å². The van der Waals surface area contributed by atoms with Gasteiger partial charge in [-0.25, -0.2) is 15.0 Å². The van der Waals surface area contributed by atoms with Crippen molar-refractivity contribution >= 4 is 11.6 Å². The van der Waals surface area contributed by atoms with Crippen LogP contribution in [0.2, 0.25) is 0 Å². The van der Waals surface area contributed by atoms with Crippen molar-refractivity contribution in [2.24, 2.45) is 0 Å². The predicted octanol–water partition coefficient (Wildman–Crippen LogP) is 3.72. The van der Waals surface area contributed by atoms with Gasteiger partial charge in [0.2, 0.25) is 5.88 Å². The standard InChI is InChI=1S/C22H19N5O4/c1-29-18-5-3-4-17(21(18)30-2)22(28)26-15-6-8-16(9-7-15)31-20-12-19(24-13-25-20)27-11-10-23-14-27/h3-14H,1-2H3,(H,26,28). The topological polar surface area (TPSA) is 100 Å². The molecule has 0 aliphatic heterocycles. The lowest BCUT2D eigenvalue weighted by Crippen LogP contribution is -2.13. The minimum atomic E-state index is -0.315. The molecule has 0 spiro atoms. The van der Waals surface area contributed by atoms with E-state index in [1.54, 1.807) is 71.8 Å². The van der Waals surface area contributed by atoms with E-state index in [4.69, 9.17) is 14.2 Å². The third-order valence-corrected chi connectivity index (χ3v) is 4.38. The molecule has 31 heavy (non-hydrogen) atoms. The van der Waals surface area contributed by atoms with Gasteiger partial charge in [0.1, 0.15) is 24.2 Å². The van der Waals surface area contributed by atoms with Gasteiger partial charge in [0.25, 0.3) is 5.91 Å². The Morgan fingerprint density at radius 1 is 1.03 bits per heavy atom. The second-order valence-electron chi connectivity index (χ2n) is 6.31. The molecule has 4 aromatic rings. The summed E-state index contributed by atoms with van der Waals surface area (Å²) in [6.45, 7) is 0. The number of carbonyl (C=O) groups is 1. The van der Waals surface area contributed by atoms with Crippen molar-refractivity contribution in [3.05, 3.63) is 79.1 Å². The monoisotopic (exact) mass is 417 g/mol. The number of nitrogens with zero attached hydrogens (tertiary/aromatic N) is 4. The predicted molar refractivity (Wildman–Crippen MR) is 113 cm³/mol. The Morgan fingerprint density at radius 3 is 2.58 bits per heavy atom. The molecular formula is C22H19N5O4. The van der Waals surface area contributed by atoms with Crippen LogP contribution in [-0.4, -0.2) is 39.6 Å². The van der Waals surface area contributed by atoms with Crippen LogP contribution in [0, 0.1) is 0 Å². The summed E-state index contributed by atoms with van der Waals surface area (Å²) in [5.74, 6) is 2.13. The first-order valence-corrected chi connectivity index (χ1v) is 9.28. The van der Waals surface area contributed by atoms with Crippen LogP contribution in [0.5, 0.6) is 23.1 Å². The minimum Gasteiger partial charge on any atom is -0.493 e. The number of aromatic nitrogens is 4. The van der Waals surface area contributed by atoms with Crippen LogP contribution in [0.25, 0.3) is 5.82 Å². The fourth-order valence-electron chi connectivity index (χ4n) is 2.91. The molecule has 9 heteroatoms. The van der Waals surface area contributed by atoms with Crippen LogP contribution in [0.3, 0.4) is 0 Å². The number of imidazole rings is 1. The Kier molecular flexibility index (Phi) is 5.75. The average molecular weight is 417 g/mol. The van der Waals surface area contributed by atoms with E-state index in [0.717, 1.165) is 0 Å². The number of methoxy groups -OCH3 is 2. The summed E-state index contributed by atoms with van der Waals surface area (Å²) in [6.07, 6.45) is 6.50. The summed E-state index contributed by atoms with van der Waals surface area (Å²) in [5, 5.41) is 2.84. The van der Waals surface area contributed by atoms with Gasteiger partial charge in [0.05, 0.1) is 19.8 Å². The van der Waals surface area contributed by atoms with Crippen LogP contribution in [0.4, 0.5) is 5.69 Å². The molecule has 0 radical (unpaired) electrons. The lowest BCUT2D eigenvalue weighted by molar-refractivity contribution is 0.102. The molecule has 1 N–H and O–H groups in total. The zero-order valence-electron chi connectivity index (χ0n) is 16.9. The van der Waals surface area contributed by atoms with E-state index in [1.165, 1.54) is 20.5 Å². The van der Waals surface area contributed by atoms with Gasteiger partial charge in [-0.05, 0) is 36.4 Å². The van der Waals surface area contributed by atoms with E-state index in [1.807, 2.05) is 0 Å². The number of hydrogen-bond acceptors (Lipinski definition) is 7. The molecule has 1 amide bonds. The second kappa shape index (κ2) is 8.95. The number of amides is 1. The molecule has 0 aliphatic carbocycles. The summed E-state index contributed by atoms with van der Waals surface area (Å²) in [6, 6.07) is 13.8. The summed E-state index contributed by atoms with van der Waals surface area (Å²) in [7, 11) is 3.01. The van der Waals surface area contributed by atoms with Crippen LogP contribution in [0.1, 0.15) is 10.4 Å². The largest absolute Gasteiger partial charge is 0.493 e. The van der Waals surface area contributed by atoms with Crippen molar-refractivity contribution in [2.45, 2.75) is 0 Å². The van der Waals surface area contributed by atoms with Crippen molar-refractivity contribution in [1.29, 1.82) is 0 Å². The highest BCUT2D eigenvalue weighted by Crippen LogP contribution is 2.31. The molecule has 0 atom stereocenters. The number of hydrogen-bond donors (Lipinski definition) is 1. The van der Waals surface area contributed by atoms with Gasteiger partial charge in [-0.3, -0.25) is 9.36 Å². The second-order valence-corrected chi connectivity index (χ2v) is 6.31. The van der Waals surface area contributed by atoms with Crippen molar-refractivity contribution < 1.29 is 19.0 Å². The SMILES string of the molecule is COc1cccc(C(=O)Nc2ccc(Oc3cc(-n4ccnc4)ncn3)cc2)c1OC. The van der Waals surface area contributed by atoms with Gasteiger partial charge in [-0.15, -0.1) is 0 Å². The minimum absolute atomic E-state index is 0.315. The van der Waals surface area contributed by atoms with Crippen molar-refractivity contribution in [2.75, 3.05) is 19.5 Å². The molecule has 0 saturated heterocycles. The molecule has 2 heterocycles. The molecule has 0 saturated carbocycles. The lowest BCUT2D eigenvalue weighted by Gasteiger charge is -2.13. The Bertz CT molecular complexity index is 1180. The fraction of sp³-hybridized carbons (Fsp3) is 0.0909. The molecule has 0 bridgehead atoms. The molecule has 156 valence electrons. The van der Waals surface area contributed by atoms with Crippen molar-refractivity contribution in [1.82, 2.24) is 19.5 Å². The lowest BCUT2D eigenvalue weighted by atomic mass is 10.1. The van der Waals surface area contributed by atoms with Gasteiger partial charge in [-0.1, -0.05) is 6.07 Å². The Morgan fingerprint density at radius 2 is 1.87 bits per heavy atom. The first-order chi connectivity index (χ1) is 15.2. The summed E-state index contributed by atoms with van der Waals surface area (Å²) in [4.78, 5) is 25.0. The number of benzene rings is 2. The molecular weight excluding hydrogens is 398 g/mol. The highest BCUT2D eigenvalue weighted by atomic mass is 16.5. The van der Waals surface area contributed by atoms with E-state index in [-0.39, 0.29) is 5.91 Å². The molecule has 4 rings (SSSR count). The highest BCUT2D eigenvalue weighted by Gasteiger charge is 2.16. The van der Waals surface area contributed by atoms with Gasteiger partial charge < -0.3 is 19.5 Å². The van der Waals surface area contributed by atoms with Crippen molar-refractivity contribution in [3.63, 3.8) is 0 Å². The number of para-hydroxylation sites is 1. The maximum Gasteiger partial charge on any atom is 0.259 e. The zero-order chi connectivity index (χ0) is 21.6. The average Bonchev–Trinajstić information content (AvgIpc) is 3.35. The number of rotatable bonds is 7. The third kappa shape index (κ3) is 4.45. The van der Waals surface area contributed by atoms with Crippen LogP contribution >= 0.6 is 0 Å². The number of anilines is 1. The van der Waals surface area contributed by atoms with Gasteiger partial charge in [-0.2, -0.15) is 0 Å². The van der Waals surface area contributed by atoms with Gasteiger partial charge in [0, 0.05) is 24.1 Å². The smallest absolute Gasteiger partial charge is 0.259 e. The Balaban J connectivity index is 1.46. The Labute approximate surface area is 178 Å². The third-order valence-electron chi connectivity index (χ3n) is 4.38. The number of nitrogens with one attached hydrogen (secondary N) is 1. The van der Waals surface area contributed by atoms with Crippen LogP contribution in [0.15, 0.2) is 73.6 Å². The number of carbonyl (C=O) groups excluding carboxylic acids is 1. The van der Waals surface area contributed by atoms with E-state index >= 15 is 0 Å². The quantitative estimate of drug-likeness (QED) is 0.489. The molecule has 0 fully saturated rings. The normalized spacial score (nSPS) is 10.4. The maximum atomic E-state index is 12.7. The summed E-state index contributed by atoms with van der Waals surface area (Å²) < 4.78 is 18.1. The molecule has 0 aliphatic rings. The summed E-state index contributed by atoms with van der Waals surface area (Å²) in [5.41, 5.74) is 0.971. The summed E-state index contributed by atoms with van der Waals surface area (Å²) >= 11 is 0. The molecule has 2 aromatic carbocycles. The van der Waals surface area contributed by atoms with Gasteiger partial charge >= 0.3 is 0 Å². The first-order valence-electron chi connectivity index (χ1n) is 9.28. The molecule has 0 unspecified atom stereocenters. The van der Waals surface area contributed by atoms with Crippen LogP contribution in [-0.2, 0) is 0 Å². The molecule has 9 nitrogen and oxygen atoms in total. The maximum absolute atomic E-state index is 12.7. The highest BCUT2D eigenvalue weighted by molar-refractivity contribution is 6.06. The van der Waals surface area contributed by atoms with Crippen molar-refractivity contribution in [3.8, 4) is 28.9 Å². The first kappa shape index (κ1) is 19.9. The molecule has 2 aromatic heterocycles. The number of ether oxygens (including phenoxy) is 3. The zero-order valence-corrected chi connectivity index (χ0v) is 16.9. The van der Waals surface area contributed by atoms with Gasteiger partial charge in [0.15, 0.2) is 11.5 Å². The fourth-order valence-corrected chi connectivity index (χ4v) is 2.91. The Hall–Kier alpha value is -4.40. The van der Waals surface area contributed by atoms with E-state index in [2.05, 4.69) is 20.3 Å².